The quantitative estimate of drug-likeness (QED) is 0.893. The van der Waals surface area contributed by atoms with E-state index in [-0.39, 0.29) is 12.6 Å². The lowest BCUT2D eigenvalue weighted by Crippen LogP contribution is -2.14. The van der Waals surface area contributed by atoms with Gasteiger partial charge < -0.3 is 10.4 Å². The summed E-state index contributed by atoms with van der Waals surface area (Å²) in [7, 11) is 0. The fraction of sp³-hybridized carbons (Fsp3) is 0.308. The SMILES string of the molecule is CCn1cc(C(CO)Nc2cccc(Br)c2)cn1. The molecule has 0 aliphatic heterocycles. The van der Waals surface area contributed by atoms with Crippen molar-refractivity contribution in [1.29, 1.82) is 0 Å². The molecule has 0 saturated heterocycles. The summed E-state index contributed by atoms with van der Waals surface area (Å²) in [4.78, 5) is 0. The number of hydrogen-bond donors (Lipinski definition) is 2. The maximum atomic E-state index is 9.48. The smallest absolute Gasteiger partial charge is 0.0775 e. The molecule has 2 N–H and O–H groups in total. The third-order valence-electron chi connectivity index (χ3n) is 2.73. The molecule has 1 unspecified atom stereocenters. The first-order valence-corrected chi connectivity index (χ1v) is 6.67. The normalized spacial score (nSPS) is 12.4. The zero-order valence-corrected chi connectivity index (χ0v) is 11.8. The van der Waals surface area contributed by atoms with E-state index in [2.05, 4.69) is 26.3 Å². The highest BCUT2D eigenvalue weighted by molar-refractivity contribution is 9.10. The van der Waals surface area contributed by atoms with Gasteiger partial charge in [-0.25, -0.2) is 0 Å². The largest absolute Gasteiger partial charge is 0.394 e. The zero-order chi connectivity index (χ0) is 13.0. The third kappa shape index (κ3) is 3.11. The highest BCUT2D eigenvalue weighted by Crippen LogP contribution is 2.21. The van der Waals surface area contributed by atoms with E-state index in [1.54, 1.807) is 6.20 Å². The van der Waals surface area contributed by atoms with Gasteiger partial charge in [-0.15, -0.1) is 0 Å². The van der Waals surface area contributed by atoms with Gasteiger partial charge in [0.25, 0.3) is 0 Å². The summed E-state index contributed by atoms with van der Waals surface area (Å²) >= 11 is 3.43. The molecule has 0 saturated carbocycles. The van der Waals surface area contributed by atoms with Crippen LogP contribution in [-0.2, 0) is 6.54 Å². The molecule has 0 aliphatic rings. The molecular weight excluding hydrogens is 294 g/mol. The lowest BCUT2D eigenvalue weighted by molar-refractivity contribution is 0.276. The lowest BCUT2D eigenvalue weighted by atomic mass is 10.1. The fourth-order valence-corrected chi connectivity index (χ4v) is 2.15. The van der Waals surface area contributed by atoms with E-state index < -0.39 is 0 Å². The molecule has 96 valence electrons. The van der Waals surface area contributed by atoms with E-state index in [4.69, 9.17) is 0 Å². The van der Waals surface area contributed by atoms with Gasteiger partial charge in [-0.2, -0.15) is 5.10 Å². The van der Waals surface area contributed by atoms with Crippen LogP contribution in [0.3, 0.4) is 0 Å². The molecule has 5 heteroatoms. The van der Waals surface area contributed by atoms with Crippen LogP contribution < -0.4 is 5.32 Å². The standard InChI is InChI=1S/C13H16BrN3O/c1-2-17-8-10(7-15-17)13(9-18)16-12-5-3-4-11(14)6-12/h3-8,13,16,18H,2,9H2,1H3. The van der Waals surface area contributed by atoms with Crippen molar-refractivity contribution in [2.45, 2.75) is 19.5 Å². The van der Waals surface area contributed by atoms with Crippen molar-refractivity contribution < 1.29 is 5.11 Å². The van der Waals surface area contributed by atoms with Gasteiger partial charge in [0.15, 0.2) is 0 Å². The zero-order valence-electron chi connectivity index (χ0n) is 10.2. The van der Waals surface area contributed by atoms with Crippen molar-refractivity contribution in [3.8, 4) is 0 Å². The average molecular weight is 310 g/mol. The number of nitrogens with one attached hydrogen (secondary N) is 1. The first kappa shape index (κ1) is 13.1. The summed E-state index contributed by atoms with van der Waals surface area (Å²) in [6.45, 7) is 2.89. The predicted molar refractivity (Wildman–Crippen MR) is 75.5 cm³/mol. The van der Waals surface area contributed by atoms with Crippen LogP contribution in [-0.4, -0.2) is 21.5 Å². The Balaban J connectivity index is 2.14. The van der Waals surface area contributed by atoms with Gasteiger partial charge in [0.1, 0.15) is 0 Å². The van der Waals surface area contributed by atoms with Crippen LogP contribution in [0.15, 0.2) is 41.1 Å². The minimum atomic E-state index is -0.139. The van der Waals surface area contributed by atoms with Gasteiger partial charge in [0.05, 0.1) is 18.8 Å². The summed E-state index contributed by atoms with van der Waals surface area (Å²) in [5.41, 5.74) is 1.95. The van der Waals surface area contributed by atoms with Crippen molar-refractivity contribution in [1.82, 2.24) is 9.78 Å². The fourth-order valence-electron chi connectivity index (χ4n) is 1.75. The molecule has 1 atom stereocenters. The van der Waals surface area contributed by atoms with Crippen LogP contribution in [0.5, 0.6) is 0 Å². The summed E-state index contributed by atoms with van der Waals surface area (Å²) in [5.74, 6) is 0. The molecule has 0 fully saturated rings. The molecule has 0 amide bonds. The molecule has 0 bridgehead atoms. The van der Waals surface area contributed by atoms with E-state index in [0.717, 1.165) is 22.3 Å². The van der Waals surface area contributed by atoms with E-state index in [9.17, 15) is 5.11 Å². The summed E-state index contributed by atoms with van der Waals surface area (Å²) < 4.78 is 2.86. The van der Waals surface area contributed by atoms with E-state index in [0.29, 0.717) is 0 Å². The van der Waals surface area contributed by atoms with Crippen LogP contribution in [0.2, 0.25) is 0 Å². The summed E-state index contributed by atoms with van der Waals surface area (Å²) in [6.07, 6.45) is 3.74. The number of hydrogen-bond acceptors (Lipinski definition) is 3. The van der Waals surface area contributed by atoms with E-state index in [1.165, 1.54) is 0 Å². The van der Waals surface area contributed by atoms with Crippen LogP contribution in [0.25, 0.3) is 0 Å². The van der Waals surface area contributed by atoms with Gasteiger partial charge in [-0.1, -0.05) is 22.0 Å². The maximum Gasteiger partial charge on any atom is 0.0775 e. The Labute approximate surface area is 115 Å². The number of rotatable bonds is 5. The van der Waals surface area contributed by atoms with Crippen LogP contribution in [0.1, 0.15) is 18.5 Å². The molecule has 0 aliphatic carbocycles. The molecule has 1 aromatic heterocycles. The number of aromatic nitrogens is 2. The number of aliphatic hydroxyl groups excluding tert-OH is 1. The second-order valence-corrected chi connectivity index (χ2v) is 4.93. The topological polar surface area (TPSA) is 50.1 Å². The maximum absolute atomic E-state index is 9.48. The minimum Gasteiger partial charge on any atom is -0.394 e. The first-order chi connectivity index (χ1) is 8.72. The van der Waals surface area contributed by atoms with Crippen molar-refractivity contribution >= 4 is 21.6 Å². The molecule has 2 aromatic rings. The molecule has 0 radical (unpaired) electrons. The second-order valence-electron chi connectivity index (χ2n) is 4.02. The van der Waals surface area contributed by atoms with Gasteiger partial charge in [-0.05, 0) is 25.1 Å². The Morgan fingerprint density at radius 1 is 1.50 bits per heavy atom. The van der Waals surface area contributed by atoms with E-state index in [1.807, 2.05) is 42.1 Å². The summed E-state index contributed by atoms with van der Waals surface area (Å²) in [6, 6.07) is 7.73. The van der Waals surface area contributed by atoms with Crippen molar-refractivity contribution in [2.75, 3.05) is 11.9 Å². The summed E-state index contributed by atoms with van der Waals surface area (Å²) in [5, 5.41) is 17.0. The molecule has 1 heterocycles. The Morgan fingerprint density at radius 2 is 2.33 bits per heavy atom. The predicted octanol–water partition coefficient (Wildman–Crippen LogP) is 2.81. The third-order valence-corrected chi connectivity index (χ3v) is 3.22. The Bertz CT molecular complexity index is 512. The number of benzene rings is 1. The monoisotopic (exact) mass is 309 g/mol. The number of aryl methyl sites for hydroxylation is 1. The Morgan fingerprint density at radius 3 is 2.94 bits per heavy atom. The second kappa shape index (κ2) is 6.02. The van der Waals surface area contributed by atoms with E-state index >= 15 is 0 Å². The van der Waals surface area contributed by atoms with Crippen LogP contribution >= 0.6 is 15.9 Å². The van der Waals surface area contributed by atoms with Crippen molar-refractivity contribution in [3.05, 3.63) is 46.7 Å². The molecule has 2 rings (SSSR count). The van der Waals surface area contributed by atoms with Gasteiger partial charge in [0.2, 0.25) is 0 Å². The molecule has 18 heavy (non-hydrogen) atoms. The first-order valence-electron chi connectivity index (χ1n) is 5.88. The molecule has 4 nitrogen and oxygen atoms in total. The van der Waals surface area contributed by atoms with Crippen molar-refractivity contribution in [2.24, 2.45) is 0 Å². The number of nitrogens with zero attached hydrogens (tertiary/aromatic N) is 2. The van der Waals surface area contributed by atoms with Gasteiger partial charge >= 0.3 is 0 Å². The minimum absolute atomic E-state index is 0.0297. The molecular formula is C13H16BrN3O. The highest BCUT2D eigenvalue weighted by atomic mass is 79.9. The van der Waals surface area contributed by atoms with Crippen LogP contribution in [0, 0.1) is 0 Å². The average Bonchev–Trinajstić information content (AvgIpc) is 2.84. The highest BCUT2D eigenvalue weighted by Gasteiger charge is 2.12. The van der Waals surface area contributed by atoms with Crippen molar-refractivity contribution in [3.63, 3.8) is 0 Å². The number of halogens is 1. The van der Waals surface area contributed by atoms with Gasteiger partial charge in [-0.3, -0.25) is 4.68 Å². The Hall–Kier alpha value is -1.33. The number of aliphatic hydroxyl groups is 1. The van der Waals surface area contributed by atoms with Gasteiger partial charge in [0, 0.05) is 28.5 Å². The molecule has 0 spiro atoms. The molecule has 1 aromatic carbocycles. The Kier molecular flexibility index (Phi) is 4.38. The van der Waals surface area contributed by atoms with Crippen LogP contribution in [0.4, 0.5) is 5.69 Å². The number of anilines is 1. The lowest BCUT2D eigenvalue weighted by Gasteiger charge is -2.16.